The monoisotopic (exact) mass is 377 g/mol. The minimum atomic E-state index is -1.01. The van der Waals surface area contributed by atoms with Crippen molar-refractivity contribution in [2.75, 3.05) is 11.9 Å². The maximum atomic E-state index is 13.5. The zero-order valence-electron chi connectivity index (χ0n) is 15.0. The molecular formula is C21H16FN3O3. The van der Waals surface area contributed by atoms with Gasteiger partial charge in [0.1, 0.15) is 17.1 Å². The number of furan rings is 1. The second-order valence-electron chi connectivity index (χ2n) is 7.04. The van der Waals surface area contributed by atoms with Gasteiger partial charge in [0.05, 0.1) is 16.6 Å². The third kappa shape index (κ3) is 2.76. The highest BCUT2D eigenvalue weighted by molar-refractivity contribution is 5.94. The zero-order valence-corrected chi connectivity index (χ0v) is 15.0. The van der Waals surface area contributed by atoms with Gasteiger partial charge in [-0.25, -0.2) is 19.2 Å². The fourth-order valence-corrected chi connectivity index (χ4v) is 3.35. The van der Waals surface area contributed by atoms with Gasteiger partial charge in [0.2, 0.25) is 0 Å². The average Bonchev–Trinajstić information content (AvgIpc) is 3.45. The summed E-state index contributed by atoms with van der Waals surface area (Å²) >= 11 is 0. The van der Waals surface area contributed by atoms with Crippen LogP contribution < -0.4 is 4.90 Å². The minimum absolute atomic E-state index is 0.161. The van der Waals surface area contributed by atoms with Crippen molar-refractivity contribution in [3.8, 4) is 11.5 Å². The lowest BCUT2D eigenvalue weighted by Crippen LogP contribution is -2.22. The zero-order chi connectivity index (χ0) is 19.4. The lowest BCUT2D eigenvalue weighted by atomic mass is 10.1. The van der Waals surface area contributed by atoms with Crippen LogP contribution >= 0.6 is 0 Å². The van der Waals surface area contributed by atoms with Gasteiger partial charge in [0.25, 0.3) is 0 Å². The Morgan fingerprint density at radius 1 is 1.14 bits per heavy atom. The van der Waals surface area contributed by atoms with Gasteiger partial charge in [0.15, 0.2) is 11.6 Å². The number of aromatic carboxylic acids is 1. The molecule has 5 rings (SSSR count). The van der Waals surface area contributed by atoms with Gasteiger partial charge in [0, 0.05) is 24.5 Å². The third-order valence-corrected chi connectivity index (χ3v) is 5.04. The predicted octanol–water partition coefficient (Wildman–Crippen LogP) is 4.48. The van der Waals surface area contributed by atoms with Gasteiger partial charge >= 0.3 is 5.97 Å². The Bertz CT molecular complexity index is 1250. The van der Waals surface area contributed by atoms with E-state index in [1.54, 1.807) is 12.1 Å². The van der Waals surface area contributed by atoms with E-state index < -0.39 is 5.97 Å². The molecule has 1 aliphatic carbocycles. The first kappa shape index (κ1) is 16.7. The molecule has 0 spiro atoms. The summed E-state index contributed by atoms with van der Waals surface area (Å²) in [6, 6.07) is 11.2. The molecule has 2 aromatic heterocycles. The molecule has 1 aliphatic rings. The molecule has 0 amide bonds. The van der Waals surface area contributed by atoms with Crippen LogP contribution in [-0.4, -0.2) is 34.1 Å². The van der Waals surface area contributed by atoms with Crippen molar-refractivity contribution in [2.45, 2.75) is 18.9 Å². The van der Waals surface area contributed by atoms with E-state index in [2.05, 4.69) is 0 Å². The first-order chi connectivity index (χ1) is 13.5. The molecule has 0 saturated heterocycles. The molecule has 2 heterocycles. The molecule has 140 valence electrons. The standard InChI is InChI=1S/C21H16FN3O3/c1-25(14-5-6-14)20-19(18-9-11-2-4-13(22)10-17(11)28-18)23-15-7-3-12(21(26)27)8-16(15)24-20/h2-4,7-10,14H,5-6H2,1H3,(H,26,27). The van der Waals surface area contributed by atoms with Crippen molar-refractivity contribution in [3.05, 3.63) is 53.8 Å². The second kappa shape index (κ2) is 6.02. The Kier molecular flexibility index (Phi) is 3.58. The van der Waals surface area contributed by atoms with Gasteiger partial charge in [-0.2, -0.15) is 0 Å². The van der Waals surface area contributed by atoms with Gasteiger partial charge in [-0.05, 0) is 49.2 Å². The van der Waals surface area contributed by atoms with E-state index in [9.17, 15) is 14.3 Å². The maximum Gasteiger partial charge on any atom is 0.335 e. The molecule has 0 unspecified atom stereocenters. The van der Waals surface area contributed by atoms with Crippen LogP contribution in [0.2, 0.25) is 0 Å². The van der Waals surface area contributed by atoms with Gasteiger partial charge < -0.3 is 14.4 Å². The van der Waals surface area contributed by atoms with E-state index in [4.69, 9.17) is 14.4 Å². The topological polar surface area (TPSA) is 79.5 Å². The molecule has 7 heteroatoms. The minimum Gasteiger partial charge on any atom is -0.478 e. The molecule has 1 saturated carbocycles. The maximum absolute atomic E-state index is 13.5. The number of carbonyl (C=O) groups is 1. The molecular weight excluding hydrogens is 361 g/mol. The fourth-order valence-electron chi connectivity index (χ4n) is 3.35. The summed E-state index contributed by atoms with van der Waals surface area (Å²) in [5.41, 5.74) is 2.24. The molecule has 2 aromatic carbocycles. The number of nitrogens with zero attached hydrogens (tertiary/aromatic N) is 3. The summed E-state index contributed by atoms with van der Waals surface area (Å²) in [6.07, 6.45) is 2.13. The van der Waals surface area contributed by atoms with Crippen LogP contribution in [-0.2, 0) is 0 Å². The van der Waals surface area contributed by atoms with Crippen molar-refractivity contribution in [1.82, 2.24) is 9.97 Å². The molecule has 0 bridgehead atoms. The van der Waals surface area contributed by atoms with E-state index in [1.807, 2.05) is 18.0 Å². The number of halogens is 1. The van der Waals surface area contributed by atoms with Crippen molar-refractivity contribution >= 4 is 33.8 Å². The number of carboxylic acid groups (broad SMARTS) is 1. The number of carboxylic acids is 1. The summed E-state index contributed by atoms with van der Waals surface area (Å²) in [4.78, 5) is 22.8. The van der Waals surface area contributed by atoms with Crippen molar-refractivity contribution in [3.63, 3.8) is 0 Å². The summed E-state index contributed by atoms with van der Waals surface area (Å²) in [5, 5.41) is 10.0. The van der Waals surface area contributed by atoms with Crippen LogP contribution in [0.5, 0.6) is 0 Å². The molecule has 28 heavy (non-hydrogen) atoms. The van der Waals surface area contributed by atoms with Gasteiger partial charge in [-0.1, -0.05) is 0 Å². The lowest BCUT2D eigenvalue weighted by molar-refractivity contribution is 0.0697. The first-order valence-electron chi connectivity index (χ1n) is 8.97. The molecule has 0 atom stereocenters. The number of anilines is 1. The van der Waals surface area contributed by atoms with Crippen LogP contribution in [0.1, 0.15) is 23.2 Å². The van der Waals surface area contributed by atoms with E-state index in [-0.39, 0.29) is 11.4 Å². The van der Waals surface area contributed by atoms with E-state index >= 15 is 0 Å². The van der Waals surface area contributed by atoms with Crippen LogP contribution in [0.25, 0.3) is 33.5 Å². The molecule has 1 fully saturated rings. The Balaban J connectivity index is 1.73. The van der Waals surface area contributed by atoms with E-state index in [0.717, 1.165) is 18.2 Å². The van der Waals surface area contributed by atoms with Crippen LogP contribution in [0.4, 0.5) is 10.2 Å². The lowest BCUT2D eigenvalue weighted by Gasteiger charge is -2.20. The number of aromatic nitrogens is 2. The summed E-state index contributed by atoms with van der Waals surface area (Å²) in [5.74, 6) is -0.254. The van der Waals surface area contributed by atoms with Crippen molar-refractivity contribution < 1.29 is 18.7 Å². The van der Waals surface area contributed by atoms with E-state index in [0.29, 0.717) is 39.9 Å². The highest BCUT2D eigenvalue weighted by Crippen LogP contribution is 2.37. The largest absolute Gasteiger partial charge is 0.478 e. The van der Waals surface area contributed by atoms with Gasteiger partial charge in [-0.15, -0.1) is 0 Å². The summed E-state index contributed by atoms with van der Waals surface area (Å²) in [6.45, 7) is 0. The van der Waals surface area contributed by atoms with Crippen molar-refractivity contribution in [1.29, 1.82) is 0 Å². The fraction of sp³-hybridized carbons (Fsp3) is 0.190. The smallest absolute Gasteiger partial charge is 0.335 e. The first-order valence-corrected chi connectivity index (χ1v) is 8.97. The quantitative estimate of drug-likeness (QED) is 0.565. The number of benzene rings is 2. The summed E-state index contributed by atoms with van der Waals surface area (Å²) < 4.78 is 19.4. The summed E-state index contributed by atoms with van der Waals surface area (Å²) in [7, 11) is 1.94. The van der Waals surface area contributed by atoms with Crippen LogP contribution in [0, 0.1) is 5.82 Å². The Hall–Kier alpha value is -3.48. The average molecular weight is 377 g/mol. The number of rotatable bonds is 4. The van der Waals surface area contributed by atoms with Crippen LogP contribution in [0.3, 0.4) is 0 Å². The van der Waals surface area contributed by atoms with E-state index in [1.165, 1.54) is 24.3 Å². The van der Waals surface area contributed by atoms with Crippen molar-refractivity contribution in [2.24, 2.45) is 0 Å². The number of fused-ring (bicyclic) bond motifs is 2. The third-order valence-electron chi connectivity index (χ3n) is 5.04. The Labute approximate surface area is 159 Å². The Morgan fingerprint density at radius 2 is 1.96 bits per heavy atom. The number of hydrogen-bond donors (Lipinski definition) is 1. The SMILES string of the molecule is CN(c1nc2cc(C(=O)O)ccc2nc1-c1cc2ccc(F)cc2o1)C1CC1. The second-order valence-corrected chi connectivity index (χ2v) is 7.04. The highest BCUT2D eigenvalue weighted by Gasteiger charge is 2.30. The predicted molar refractivity (Wildman–Crippen MR) is 103 cm³/mol. The Morgan fingerprint density at radius 3 is 2.71 bits per heavy atom. The molecule has 4 aromatic rings. The highest BCUT2D eigenvalue weighted by atomic mass is 19.1. The van der Waals surface area contributed by atoms with Crippen LogP contribution in [0.15, 0.2) is 46.9 Å². The molecule has 0 aliphatic heterocycles. The molecule has 6 nitrogen and oxygen atoms in total. The number of hydrogen-bond acceptors (Lipinski definition) is 5. The normalized spacial score (nSPS) is 13.9. The molecule has 0 radical (unpaired) electrons. The van der Waals surface area contributed by atoms with Gasteiger partial charge in [-0.3, -0.25) is 0 Å². The molecule has 1 N–H and O–H groups in total.